The minimum Gasteiger partial charge on any atom is -0.361 e. The van der Waals surface area contributed by atoms with Crippen molar-refractivity contribution in [3.8, 4) is 0 Å². The first-order chi connectivity index (χ1) is 9.93. The quantitative estimate of drug-likeness (QED) is 0.764. The summed E-state index contributed by atoms with van der Waals surface area (Å²) in [4.78, 5) is 15.5. The smallest absolute Gasteiger partial charge is 0.237 e. The maximum Gasteiger partial charge on any atom is 0.237 e. The molecule has 0 fully saturated rings. The second-order valence-corrected chi connectivity index (χ2v) is 6.29. The van der Waals surface area contributed by atoms with Gasteiger partial charge in [0, 0.05) is 22.6 Å². The van der Waals surface area contributed by atoms with Crippen LogP contribution in [0.1, 0.15) is 39.2 Å². The second-order valence-electron chi connectivity index (χ2n) is 6.29. The molecule has 0 saturated carbocycles. The summed E-state index contributed by atoms with van der Waals surface area (Å²) < 4.78 is 0. The summed E-state index contributed by atoms with van der Waals surface area (Å²) in [6, 6.07) is 7.53. The number of amides is 1. The molecule has 1 atom stereocenters. The largest absolute Gasteiger partial charge is 0.361 e. The maximum absolute atomic E-state index is 12.2. The first kappa shape index (κ1) is 15.6. The van der Waals surface area contributed by atoms with Gasteiger partial charge in [0.05, 0.1) is 6.04 Å². The van der Waals surface area contributed by atoms with Gasteiger partial charge in [0.1, 0.15) is 0 Å². The number of hydrogen-bond donors (Lipinski definition) is 3. The number of rotatable bonds is 6. The van der Waals surface area contributed by atoms with Gasteiger partial charge in [-0.1, -0.05) is 31.5 Å². The van der Waals surface area contributed by atoms with Crippen LogP contribution in [0.5, 0.6) is 0 Å². The topological polar surface area (TPSA) is 70.9 Å². The third-order valence-corrected chi connectivity index (χ3v) is 3.79. The first-order valence-electron chi connectivity index (χ1n) is 7.55. The average Bonchev–Trinajstić information content (AvgIpc) is 2.81. The fourth-order valence-corrected chi connectivity index (χ4v) is 2.74. The van der Waals surface area contributed by atoms with Crippen molar-refractivity contribution in [3.63, 3.8) is 0 Å². The molecule has 0 aliphatic heterocycles. The van der Waals surface area contributed by atoms with Crippen LogP contribution in [0, 0.1) is 0 Å². The van der Waals surface area contributed by atoms with Gasteiger partial charge in [0.25, 0.3) is 0 Å². The number of carbonyl (C=O) groups is 1. The highest BCUT2D eigenvalue weighted by Gasteiger charge is 2.23. The number of para-hydroxylation sites is 1. The number of aromatic amines is 1. The van der Waals surface area contributed by atoms with E-state index in [9.17, 15) is 4.79 Å². The van der Waals surface area contributed by atoms with Crippen molar-refractivity contribution >= 4 is 16.8 Å². The van der Waals surface area contributed by atoms with Crippen LogP contribution in [-0.4, -0.2) is 22.5 Å². The molecule has 4 heteroatoms. The van der Waals surface area contributed by atoms with Gasteiger partial charge in [-0.3, -0.25) is 4.79 Å². The Labute approximate surface area is 126 Å². The lowest BCUT2D eigenvalue weighted by Crippen LogP contribution is -2.51. The number of benzene rings is 1. The first-order valence-corrected chi connectivity index (χ1v) is 7.55. The Bertz CT molecular complexity index is 615. The van der Waals surface area contributed by atoms with Crippen LogP contribution < -0.4 is 11.1 Å². The van der Waals surface area contributed by atoms with E-state index in [1.807, 2.05) is 44.3 Å². The number of aromatic nitrogens is 1. The molecule has 1 aromatic heterocycles. The van der Waals surface area contributed by atoms with E-state index in [4.69, 9.17) is 5.73 Å². The van der Waals surface area contributed by atoms with E-state index in [1.54, 1.807) is 0 Å². The summed E-state index contributed by atoms with van der Waals surface area (Å²) in [5, 5.41) is 4.18. The lowest BCUT2D eigenvalue weighted by molar-refractivity contribution is -0.124. The van der Waals surface area contributed by atoms with E-state index >= 15 is 0 Å². The molecule has 1 heterocycles. The Balaban J connectivity index is 2.04. The molecule has 0 bridgehead atoms. The van der Waals surface area contributed by atoms with E-state index in [-0.39, 0.29) is 11.4 Å². The lowest BCUT2D eigenvalue weighted by Gasteiger charge is -2.27. The van der Waals surface area contributed by atoms with Crippen molar-refractivity contribution in [2.24, 2.45) is 5.73 Å². The molecule has 0 unspecified atom stereocenters. The fourth-order valence-electron chi connectivity index (χ4n) is 2.74. The lowest BCUT2D eigenvalue weighted by atomic mass is 9.97. The van der Waals surface area contributed by atoms with Crippen LogP contribution in [0.25, 0.3) is 10.9 Å². The number of H-pyrrole nitrogens is 1. The molecule has 114 valence electrons. The van der Waals surface area contributed by atoms with Crippen molar-refractivity contribution in [1.82, 2.24) is 10.3 Å². The summed E-state index contributed by atoms with van der Waals surface area (Å²) in [5.41, 5.74) is 8.03. The van der Waals surface area contributed by atoms with E-state index in [1.165, 1.54) is 0 Å². The van der Waals surface area contributed by atoms with Gasteiger partial charge < -0.3 is 16.0 Å². The number of nitrogens with one attached hydrogen (secondary N) is 2. The minimum absolute atomic E-state index is 0.0845. The Hall–Kier alpha value is -1.81. The van der Waals surface area contributed by atoms with Gasteiger partial charge in [-0.05, 0) is 38.3 Å². The Kier molecular flexibility index (Phi) is 4.68. The van der Waals surface area contributed by atoms with Crippen molar-refractivity contribution in [1.29, 1.82) is 0 Å². The third-order valence-electron chi connectivity index (χ3n) is 3.79. The zero-order valence-electron chi connectivity index (χ0n) is 13.1. The predicted molar refractivity (Wildman–Crippen MR) is 87.1 cm³/mol. The zero-order valence-corrected chi connectivity index (χ0v) is 13.1. The molecule has 0 saturated heterocycles. The van der Waals surface area contributed by atoms with Crippen molar-refractivity contribution in [2.45, 2.75) is 51.6 Å². The normalized spacial score (nSPS) is 13.3. The highest BCUT2D eigenvalue weighted by atomic mass is 16.2. The van der Waals surface area contributed by atoms with Gasteiger partial charge >= 0.3 is 0 Å². The summed E-state index contributed by atoms with van der Waals surface area (Å²) in [6.45, 7) is 6.18. The fraction of sp³-hybridized carbons (Fsp3) is 0.471. The Morgan fingerprint density at radius 1 is 1.38 bits per heavy atom. The number of carbonyl (C=O) groups excluding carboxylic acids is 1. The van der Waals surface area contributed by atoms with Crippen LogP contribution >= 0.6 is 0 Å². The number of nitrogens with two attached hydrogens (primary N) is 1. The molecule has 21 heavy (non-hydrogen) atoms. The molecule has 2 rings (SSSR count). The van der Waals surface area contributed by atoms with E-state index in [0.29, 0.717) is 6.42 Å². The maximum atomic E-state index is 12.2. The SMILES string of the molecule is CCCC(C)(C)NC(=O)[C@@H](N)Cc1c[nH]c2ccccc12. The van der Waals surface area contributed by atoms with Crippen molar-refractivity contribution in [2.75, 3.05) is 0 Å². The standard InChI is InChI=1S/C17H25N3O/c1-4-9-17(2,3)20-16(21)14(18)10-12-11-19-15-8-6-5-7-13(12)15/h5-8,11,14,19H,4,9-10,18H2,1-3H3,(H,20,21)/t14-/m0/s1. The second kappa shape index (κ2) is 6.31. The van der Waals surface area contributed by atoms with Crippen LogP contribution in [0.15, 0.2) is 30.5 Å². The molecule has 1 aromatic carbocycles. The molecular formula is C17H25N3O. The van der Waals surface area contributed by atoms with Crippen molar-refractivity contribution < 1.29 is 4.79 Å². The van der Waals surface area contributed by atoms with Gasteiger partial charge in [0.15, 0.2) is 0 Å². The van der Waals surface area contributed by atoms with Crippen LogP contribution in [0.3, 0.4) is 0 Å². The van der Waals surface area contributed by atoms with Crippen LogP contribution in [0.2, 0.25) is 0 Å². The molecule has 0 aliphatic carbocycles. The molecule has 1 amide bonds. The summed E-state index contributed by atoms with van der Waals surface area (Å²) in [7, 11) is 0. The monoisotopic (exact) mass is 287 g/mol. The van der Waals surface area contributed by atoms with E-state index in [2.05, 4.69) is 17.2 Å². The third kappa shape index (κ3) is 3.85. The van der Waals surface area contributed by atoms with Gasteiger partial charge in [-0.2, -0.15) is 0 Å². The van der Waals surface area contributed by atoms with E-state index in [0.717, 1.165) is 29.3 Å². The van der Waals surface area contributed by atoms with Gasteiger partial charge in [-0.15, -0.1) is 0 Å². The number of hydrogen-bond acceptors (Lipinski definition) is 2. The van der Waals surface area contributed by atoms with Gasteiger partial charge in [0.2, 0.25) is 5.91 Å². The van der Waals surface area contributed by atoms with Crippen molar-refractivity contribution in [3.05, 3.63) is 36.0 Å². The predicted octanol–water partition coefficient (Wildman–Crippen LogP) is 2.73. The molecule has 0 radical (unpaired) electrons. The molecule has 0 aliphatic rings. The minimum atomic E-state index is -0.527. The molecule has 2 aromatic rings. The van der Waals surface area contributed by atoms with Gasteiger partial charge in [-0.25, -0.2) is 0 Å². The van der Waals surface area contributed by atoms with E-state index < -0.39 is 6.04 Å². The zero-order chi connectivity index (χ0) is 15.5. The highest BCUT2D eigenvalue weighted by Crippen LogP contribution is 2.19. The number of fused-ring (bicyclic) bond motifs is 1. The molecular weight excluding hydrogens is 262 g/mol. The highest BCUT2D eigenvalue weighted by molar-refractivity contribution is 5.86. The van der Waals surface area contributed by atoms with Crippen LogP contribution in [-0.2, 0) is 11.2 Å². The Morgan fingerprint density at radius 3 is 2.81 bits per heavy atom. The summed E-state index contributed by atoms with van der Waals surface area (Å²) in [5.74, 6) is -0.0845. The summed E-state index contributed by atoms with van der Waals surface area (Å²) >= 11 is 0. The Morgan fingerprint density at radius 2 is 2.10 bits per heavy atom. The van der Waals surface area contributed by atoms with Crippen LogP contribution in [0.4, 0.5) is 0 Å². The molecule has 4 N–H and O–H groups in total. The summed E-state index contributed by atoms with van der Waals surface area (Å²) in [6.07, 6.45) is 4.45. The molecule has 0 spiro atoms. The molecule has 4 nitrogen and oxygen atoms in total. The average molecular weight is 287 g/mol.